The maximum Gasteiger partial charge on any atom is 0.289 e. The van der Waals surface area contributed by atoms with E-state index in [1.807, 2.05) is 4.90 Å². The van der Waals surface area contributed by atoms with Crippen molar-refractivity contribution in [2.75, 3.05) is 49.1 Å². The molecule has 0 N–H and O–H groups in total. The summed E-state index contributed by atoms with van der Waals surface area (Å²) in [6.45, 7) is 4.73. The number of amides is 1. The molecule has 2 fully saturated rings. The van der Waals surface area contributed by atoms with Gasteiger partial charge in [0.05, 0.1) is 12.5 Å². The molecule has 0 saturated carbocycles. The lowest BCUT2D eigenvalue weighted by atomic mass is 10.3. The van der Waals surface area contributed by atoms with Gasteiger partial charge >= 0.3 is 0 Å². The monoisotopic (exact) mass is 328 g/mol. The highest BCUT2D eigenvalue weighted by Gasteiger charge is 2.25. The minimum Gasteiger partial charge on any atom is -0.459 e. The Morgan fingerprint density at radius 2 is 1.83 bits per heavy atom. The van der Waals surface area contributed by atoms with Crippen LogP contribution in [0.1, 0.15) is 23.4 Å². The van der Waals surface area contributed by atoms with Crippen LogP contribution in [0.5, 0.6) is 0 Å². The van der Waals surface area contributed by atoms with E-state index in [1.165, 1.54) is 19.1 Å². The lowest BCUT2D eigenvalue weighted by molar-refractivity contribution is 0.0714. The van der Waals surface area contributed by atoms with Gasteiger partial charge in [0.25, 0.3) is 5.91 Å². The number of rotatable bonds is 3. The van der Waals surface area contributed by atoms with Gasteiger partial charge in [0.1, 0.15) is 0 Å². The molecule has 8 heteroatoms. The Kier molecular flexibility index (Phi) is 4.02. The first-order valence-corrected chi connectivity index (χ1v) is 8.34. The Balaban J connectivity index is 1.40. The molecule has 2 saturated heterocycles. The second-order valence-corrected chi connectivity index (χ2v) is 6.07. The van der Waals surface area contributed by atoms with Gasteiger partial charge < -0.3 is 19.1 Å². The van der Waals surface area contributed by atoms with E-state index in [0.29, 0.717) is 24.8 Å². The molecule has 8 nitrogen and oxygen atoms in total. The molecule has 0 spiro atoms. The van der Waals surface area contributed by atoms with Crippen molar-refractivity contribution >= 4 is 17.7 Å². The zero-order valence-corrected chi connectivity index (χ0v) is 13.5. The molecule has 0 unspecified atom stereocenters. The molecule has 0 atom stereocenters. The van der Waals surface area contributed by atoms with Crippen molar-refractivity contribution in [3.8, 4) is 0 Å². The van der Waals surface area contributed by atoms with Crippen LogP contribution in [0.2, 0.25) is 0 Å². The van der Waals surface area contributed by atoms with Crippen LogP contribution in [-0.4, -0.2) is 65.3 Å². The van der Waals surface area contributed by atoms with Gasteiger partial charge in [-0.25, -0.2) is 0 Å². The minimum atomic E-state index is -0.0572. The Bertz CT molecular complexity index is 690. The third-order valence-electron chi connectivity index (χ3n) is 4.55. The van der Waals surface area contributed by atoms with Crippen LogP contribution >= 0.6 is 0 Å². The maximum absolute atomic E-state index is 12.3. The lowest BCUT2D eigenvalue weighted by Gasteiger charge is -2.35. The first-order chi connectivity index (χ1) is 11.8. The Morgan fingerprint density at radius 3 is 2.54 bits per heavy atom. The first-order valence-electron chi connectivity index (χ1n) is 8.34. The average molecular weight is 328 g/mol. The van der Waals surface area contributed by atoms with Crippen LogP contribution < -0.4 is 9.80 Å². The summed E-state index contributed by atoms with van der Waals surface area (Å²) in [5, 5.41) is 8.26. The van der Waals surface area contributed by atoms with Crippen LogP contribution in [0.4, 0.5) is 11.8 Å². The van der Waals surface area contributed by atoms with E-state index < -0.39 is 0 Å². The fourth-order valence-corrected chi connectivity index (χ4v) is 3.18. The smallest absolute Gasteiger partial charge is 0.289 e. The average Bonchev–Trinajstić information content (AvgIpc) is 3.35. The van der Waals surface area contributed by atoms with Gasteiger partial charge in [-0.3, -0.25) is 4.79 Å². The lowest BCUT2D eigenvalue weighted by Crippen LogP contribution is -2.49. The summed E-state index contributed by atoms with van der Waals surface area (Å²) in [5.74, 6) is 1.87. The zero-order valence-electron chi connectivity index (χ0n) is 13.5. The van der Waals surface area contributed by atoms with E-state index in [-0.39, 0.29) is 5.91 Å². The normalized spacial score (nSPS) is 18.2. The molecule has 0 bridgehead atoms. The second kappa shape index (κ2) is 6.46. The molecule has 0 aliphatic carbocycles. The van der Waals surface area contributed by atoms with E-state index in [4.69, 9.17) is 4.42 Å². The Morgan fingerprint density at radius 1 is 1.04 bits per heavy atom. The second-order valence-electron chi connectivity index (χ2n) is 6.07. The molecule has 2 aliphatic rings. The van der Waals surface area contributed by atoms with E-state index in [2.05, 4.69) is 25.0 Å². The molecule has 24 heavy (non-hydrogen) atoms. The van der Waals surface area contributed by atoms with Gasteiger partial charge in [-0.2, -0.15) is 10.1 Å². The van der Waals surface area contributed by atoms with Crippen LogP contribution in [0.15, 0.2) is 29.0 Å². The van der Waals surface area contributed by atoms with Crippen molar-refractivity contribution in [1.29, 1.82) is 0 Å². The fraction of sp³-hybridized carbons (Fsp3) is 0.500. The summed E-state index contributed by atoms with van der Waals surface area (Å²) in [5.41, 5.74) is 0. The van der Waals surface area contributed by atoms with Crippen LogP contribution in [0.25, 0.3) is 0 Å². The zero-order chi connectivity index (χ0) is 16.4. The summed E-state index contributed by atoms with van der Waals surface area (Å²) in [6, 6.07) is 3.43. The summed E-state index contributed by atoms with van der Waals surface area (Å²) < 4.78 is 5.19. The van der Waals surface area contributed by atoms with E-state index >= 15 is 0 Å². The van der Waals surface area contributed by atoms with Crippen molar-refractivity contribution in [3.05, 3.63) is 30.4 Å². The number of carbonyl (C=O) groups is 1. The highest BCUT2D eigenvalue weighted by atomic mass is 16.3. The number of hydrogen-bond donors (Lipinski definition) is 0. The summed E-state index contributed by atoms with van der Waals surface area (Å²) in [4.78, 5) is 23.1. The van der Waals surface area contributed by atoms with Crippen molar-refractivity contribution in [1.82, 2.24) is 20.1 Å². The number of nitrogens with zero attached hydrogens (tertiary/aromatic N) is 6. The van der Waals surface area contributed by atoms with E-state index in [1.54, 1.807) is 18.3 Å². The molecule has 2 aromatic rings. The van der Waals surface area contributed by atoms with Gasteiger partial charge in [-0.15, -0.1) is 5.10 Å². The van der Waals surface area contributed by atoms with E-state index in [0.717, 1.165) is 32.0 Å². The van der Waals surface area contributed by atoms with Gasteiger partial charge in [0.15, 0.2) is 11.6 Å². The molecule has 2 aliphatic heterocycles. The van der Waals surface area contributed by atoms with Gasteiger partial charge in [0.2, 0.25) is 5.95 Å². The first kappa shape index (κ1) is 14.9. The number of furan rings is 1. The number of carbonyl (C=O) groups excluding carboxylic acids is 1. The van der Waals surface area contributed by atoms with Crippen LogP contribution in [0.3, 0.4) is 0 Å². The van der Waals surface area contributed by atoms with Crippen molar-refractivity contribution in [2.24, 2.45) is 0 Å². The predicted molar refractivity (Wildman–Crippen MR) is 88.1 cm³/mol. The molecule has 4 rings (SSSR count). The van der Waals surface area contributed by atoms with Gasteiger partial charge in [-0.1, -0.05) is 0 Å². The number of anilines is 2. The van der Waals surface area contributed by atoms with Crippen molar-refractivity contribution in [3.63, 3.8) is 0 Å². The van der Waals surface area contributed by atoms with Gasteiger partial charge in [0, 0.05) is 39.3 Å². The number of aromatic nitrogens is 3. The molecule has 4 heterocycles. The van der Waals surface area contributed by atoms with Crippen molar-refractivity contribution < 1.29 is 9.21 Å². The molecule has 1 amide bonds. The van der Waals surface area contributed by atoms with Crippen LogP contribution in [0, 0.1) is 0 Å². The van der Waals surface area contributed by atoms with Crippen LogP contribution in [-0.2, 0) is 0 Å². The summed E-state index contributed by atoms with van der Waals surface area (Å²) >= 11 is 0. The van der Waals surface area contributed by atoms with Gasteiger partial charge in [-0.05, 0) is 25.0 Å². The molecular formula is C16H20N6O2. The molecular weight excluding hydrogens is 308 g/mol. The number of hydrogen-bond acceptors (Lipinski definition) is 7. The Hall–Kier alpha value is -2.64. The highest BCUT2D eigenvalue weighted by Crippen LogP contribution is 2.19. The topological polar surface area (TPSA) is 78.6 Å². The quantitative estimate of drug-likeness (QED) is 0.832. The maximum atomic E-state index is 12.3. The Labute approximate surface area is 140 Å². The SMILES string of the molecule is O=C(c1ccco1)N1CCN(c2cnnc(N3CCCC3)n2)CC1. The third kappa shape index (κ3) is 2.91. The fourth-order valence-electron chi connectivity index (χ4n) is 3.18. The minimum absolute atomic E-state index is 0.0572. The summed E-state index contributed by atoms with van der Waals surface area (Å²) in [7, 11) is 0. The van der Waals surface area contributed by atoms with E-state index in [9.17, 15) is 4.79 Å². The van der Waals surface area contributed by atoms with Crippen molar-refractivity contribution in [2.45, 2.75) is 12.8 Å². The third-order valence-corrected chi connectivity index (χ3v) is 4.55. The molecule has 0 radical (unpaired) electrons. The molecule has 0 aromatic carbocycles. The summed E-state index contributed by atoms with van der Waals surface area (Å²) in [6.07, 6.45) is 5.59. The highest BCUT2D eigenvalue weighted by molar-refractivity contribution is 5.91. The number of piperazine rings is 1. The standard InChI is InChI=1S/C16H20N6O2/c23-15(13-4-3-11-24-13)21-9-7-20(8-10-21)14-12-17-19-16(18-14)22-5-1-2-6-22/h3-4,11-12H,1-2,5-10H2. The predicted octanol–water partition coefficient (Wildman–Crippen LogP) is 1.03. The molecule has 126 valence electrons. The molecule has 2 aromatic heterocycles. The largest absolute Gasteiger partial charge is 0.459 e.